The second-order valence-corrected chi connectivity index (χ2v) is 6.34. The van der Waals surface area contributed by atoms with Crippen molar-refractivity contribution >= 4 is 23.7 Å². The first-order chi connectivity index (χ1) is 14.0. The van der Waals surface area contributed by atoms with Gasteiger partial charge in [-0.25, -0.2) is 5.43 Å². The molecule has 0 aliphatic rings. The Morgan fingerprint density at radius 1 is 1.00 bits per heavy atom. The molecule has 2 aromatic carbocycles. The van der Waals surface area contributed by atoms with Crippen molar-refractivity contribution < 1.29 is 24.5 Å². The summed E-state index contributed by atoms with van der Waals surface area (Å²) in [6.07, 6.45) is 3.90. The molecule has 0 radical (unpaired) electrons. The first-order valence-corrected chi connectivity index (χ1v) is 9.26. The molecule has 0 aliphatic heterocycles. The highest BCUT2D eigenvalue weighted by Crippen LogP contribution is 2.22. The van der Waals surface area contributed by atoms with E-state index in [0.717, 1.165) is 0 Å². The molecule has 2 aromatic rings. The number of carbonyl (C=O) groups is 2. The number of methoxy groups -OCH3 is 1. The van der Waals surface area contributed by atoms with E-state index in [4.69, 9.17) is 4.74 Å². The molecule has 0 unspecified atom stereocenters. The lowest BCUT2D eigenvalue weighted by molar-refractivity contribution is -0.121. The number of hydrogen-bond donors (Lipinski definition) is 4. The van der Waals surface area contributed by atoms with Gasteiger partial charge in [0.2, 0.25) is 11.8 Å². The number of benzene rings is 2. The lowest BCUT2D eigenvalue weighted by atomic mass is 10.1. The summed E-state index contributed by atoms with van der Waals surface area (Å²) in [5.74, 6) is 0.203. The third kappa shape index (κ3) is 7.53. The number of unbranched alkanes of at least 4 members (excludes halogenated alkanes) is 2. The van der Waals surface area contributed by atoms with Crippen LogP contribution in [0.4, 0.5) is 5.69 Å². The van der Waals surface area contributed by atoms with Gasteiger partial charge in [0.15, 0.2) is 0 Å². The largest absolute Gasteiger partial charge is 0.507 e. The van der Waals surface area contributed by atoms with E-state index in [-0.39, 0.29) is 29.7 Å². The number of amides is 2. The van der Waals surface area contributed by atoms with Crippen LogP contribution >= 0.6 is 0 Å². The van der Waals surface area contributed by atoms with Gasteiger partial charge in [-0.3, -0.25) is 9.59 Å². The predicted molar refractivity (Wildman–Crippen MR) is 110 cm³/mol. The second kappa shape index (κ2) is 11.3. The highest BCUT2D eigenvalue weighted by Gasteiger charge is 2.06. The zero-order valence-corrected chi connectivity index (χ0v) is 16.2. The van der Waals surface area contributed by atoms with E-state index in [0.29, 0.717) is 42.7 Å². The van der Waals surface area contributed by atoms with Crippen LogP contribution in [-0.4, -0.2) is 35.4 Å². The molecule has 29 heavy (non-hydrogen) atoms. The number of para-hydroxylation sites is 2. The van der Waals surface area contributed by atoms with Gasteiger partial charge < -0.3 is 20.3 Å². The molecule has 2 rings (SSSR count). The van der Waals surface area contributed by atoms with Gasteiger partial charge in [-0.1, -0.05) is 18.6 Å². The summed E-state index contributed by atoms with van der Waals surface area (Å²) < 4.78 is 5.07. The number of ether oxygens (including phenoxy) is 1. The molecule has 8 heteroatoms. The van der Waals surface area contributed by atoms with Crippen LogP contribution in [0.5, 0.6) is 17.2 Å². The van der Waals surface area contributed by atoms with Gasteiger partial charge in [0.1, 0.15) is 17.2 Å². The van der Waals surface area contributed by atoms with Crippen molar-refractivity contribution in [3.8, 4) is 17.2 Å². The van der Waals surface area contributed by atoms with Crippen molar-refractivity contribution in [2.75, 3.05) is 12.4 Å². The predicted octanol–water partition coefficient (Wildman–Crippen LogP) is 3.15. The fraction of sp³-hybridized carbons (Fsp3) is 0.286. The maximum atomic E-state index is 11.9. The number of nitrogens with zero attached hydrogens (tertiary/aromatic N) is 1. The van der Waals surface area contributed by atoms with E-state index in [1.165, 1.54) is 25.5 Å². The zero-order chi connectivity index (χ0) is 21.1. The van der Waals surface area contributed by atoms with Gasteiger partial charge in [-0.15, -0.1) is 0 Å². The smallest absolute Gasteiger partial charge is 0.240 e. The Morgan fingerprint density at radius 3 is 2.45 bits per heavy atom. The maximum absolute atomic E-state index is 11.9. The number of phenolic OH excluding ortho intramolecular Hbond substituents is 2. The van der Waals surface area contributed by atoms with Crippen LogP contribution in [0.15, 0.2) is 47.6 Å². The van der Waals surface area contributed by atoms with Crippen LogP contribution < -0.4 is 15.5 Å². The highest BCUT2D eigenvalue weighted by molar-refractivity contribution is 5.92. The number of carbonyl (C=O) groups excluding carboxylic acids is 2. The van der Waals surface area contributed by atoms with Crippen LogP contribution in [0, 0.1) is 0 Å². The van der Waals surface area contributed by atoms with Crippen LogP contribution in [0.3, 0.4) is 0 Å². The Balaban J connectivity index is 1.62. The zero-order valence-electron chi connectivity index (χ0n) is 16.2. The highest BCUT2D eigenvalue weighted by atomic mass is 16.5. The summed E-state index contributed by atoms with van der Waals surface area (Å²) in [5, 5.41) is 25.8. The number of anilines is 1. The molecule has 154 valence electrons. The molecular formula is C21H25N3O5. The van der Waals surface area contributed by atoms with Crippen LogP contribution in [0.25, 0.3) is 0 Å². The average molecular weight is 399 g/mol. The Kier molecular flexibility index (Phi) is 8.50. The van der Waals surface area contributed by atoms with Gasteiger partial charge in [-0.2, -0.15) is 5.10 Å². The minimum atomic E-state index is -0.248. The standard InChI is InChI=1S/C21H25N3O5/c1-29-16-11-12-18(25)15(13-16)14-22-24-21(28)10-4-2-3-9-20(27)23-17-7-5-6-8-19(17)26/h5-8,11-14,25-26H,2-4,9-10H2,1H3,(H,23,27)(H,24,28)/b22-14+. The Labute approximate surface area is 169 Å². The first-order valence-electron chi connectivity index (χ1n) is 9.26. The van der Waals surface area contributed by atoms with Gasteiger partial charge in [-0.05, 0) is 43.2 Å². The summed E-state index contributed by atoms with van der Waals surface area (Å²) in [5.41, 5.74) is 3.22. The van der Waals surface area contributed by atoms with Gasteiger partial charge >= 0.3 is 0 Å². The average Bonchev–Trinajstić information content (AvgIpc) is 2.71. The van der Waals surface area contributed by atoms with Crippen molar-refractivity contribution in [1.29, 1.82) is 0 Å². The molecule has 0 saturated carbocycles. The van der Waals surface area contributed by atoms with Gasteiger partial charge in [0.25, 0.3) is 0 Å². The molecule has 0 fully saturated rings. The van der Waals surface area contributed by atoms with Gasteiger partial charge in [0.05, 0.1) is 19.0 Å². The first kappa shape index (κ1) is 21.7. The van der Waals surface area contributed by atoms with Crippen LogP contribution in [0.1, 0.15) is 37.7 Å². The molecule has 0 saturated heterocycles. The molecule has 0 atom stereocenters. The molecule has 0 aromatic heterocycles. The third-order valence-electron chi connectivity index (χ3n) is 4.11. The normalized spacial score (nSPS) is 10.7. The minimum Gasteiger partial charge on any atom is -0.507 e. The summed E-state index contributed by atoms with van der Waals surface area (Å²) in [7, 11) is 1.52. The van der Waals surface area contributed by atoms with Crippen molar-refractivity contribution in [2.45, 2.75) is 32.1 Å². The van der Waals surface area contributed by atoms with E-state index in [9.17, 15) is 19.8 Å². The summed E-state index contributed by atoms with van der Waals surface area (Å²) in [4.78, 5) is 23.7. The van der Waals surface area contributed by atoms with Crippen molar-refractivity contribution in [1.82, 2.24) is 5.43 Å². The molecular weight excluding hydrogens is 374 g/mol. The monoisotopic (exact) mass is 399 g/mol. The number of rotatable bonds is 10. The Hall–Kier alpha value is -3.55. The van der Waals surface area contributed by atoms with Crippen LogP contribution in [-0.2, 0) is 9.59 Å². The molecule has 4 N–H and O–H groups in total. The van der Waals surface area contributed by atoms with E-state index in [2.05, 4.69) is 15.8 Å². The lowest BCUT2D eigenvalue weighted by Gasteiger charge is -2.06. The third-order valence-corrected chi connectivity index (χ3v) is 4.11. The molecule has 0 heterocycles. The summed E-state index contributed by atoms with van der Waals surface area (Å²) >= 11 is 0. The number of hydrazone groups is 1. The SMILES string of the molecule is COc1ccc(O)c(/C=N/NC(=O)CCCCCC(=O)Nc2ccccc2O)c1. The fourth-order valence-electron chi connectivity index (χ4n) is 2.53. The topological polar surface area (TPSA) is 120 Å². The van der Waals surface area contributed by atoms with Crippen molar-refractivity contribution in [3.05, 3.63) is 48.0 Å². The minimum absolute atomic E-state index is 0.0281. The number of nitrogens with one attached hydrogen (secondary N) is 2. The quantitative estimate of drug-likeness (QED) is 0.212. The second-order valence-electron chi connectivity index (χ2n) is 6.34. The number of phenols is 2. The van der Waals surface area contributed by atoms with E-state index < -0.39 is 0 Å². The fourth-order valence-corrected chi connectivity index (χ4v) is 2.53. The van der Waals surface area contributed by atoms with E-state index in [1.54, 1.807) is 30.3 Å². The molecule has 0 aliphatic carbocycles. The summed E-state index contributed by atoms with van der Waals surface area (Å²) in [6.45, 7) is 0. The molecule has 8 nitrogen and oxygen atoms in total. The molecule has 0 bridgehead atoms. The molecule has 0 spiro atoms. The number of aromatic hydroxyl groups is 2. The van der Waals surface area contributed by atoms with Crippen molar-refractivity contribution in [3.63, 3.8) is 0 Å². The van der Waals surface area contributed by atoms with Gasteiger partial charge in [0, 0.05) is 18.4 Å². The van der Waals surface area contributed by atoms with Crippen molar-refractivity contribution in [2.24, 2.45) is 5.10 Å². The Morgan fingerprint density at radius 2 is 1.72 bits per heavy atom. The van der Waals surface area contributed by atoms with E-state index >= 15 is 0 Å². The summed E-state index contributed by atoms with van der Waals surface area (Å²) in [6, 6.07) is 11.2. The number of hydrogen-bond acceptors (Lipinski definition) is 6. The van der Waals surface area contributed by atoms with E-state index in [1.807, 2.05) is 0 Å². The lowest BCUT2D eigenvalue weighted by Crippen LogP contribution is -2.17. The Bertz CT molecular complexity index is 867. The molecule has 2 amide bonds. The maximum Gasteiger partial charge on any atom is 0.240 e. The van der Waals surface area contributed by atoms with Crippen LogP contribution in [0.2, 0.25) is 0 Å².